The van der Waals surface area contributed by atoms with Crippen molar-refractivity contribution in [3.8, 4) is 0 Å². The van der Waals surface area contributed by atoms with Gasteiger partial charge in [0.2, 0.25) is 0 Å². The monoisotopic (exact) mass is 380 g/mol. The molecule has 4 nitrogen and oxygen atoms in total. The summed E-state index contributed by atoms with van der Waals surface area (Å²) in [7, 11) is 2.20. The van der Waals surface area contributed by atoms with Gasteiger partial charge in [-0.1, -0.05) is 6.92 Å². The molecule has 0 radical (unpaired) electrons. The molecule has 2 aliphatic rings. The molecule has 0 spiro atoms. The number of hydrogen-bond acceptors (Lipinski definition) is 2. The van der Waals surface area contributed by atoms with E-state index in [-0.39, 0.29) is 24.0 Å². The first-order chi connectivity index (χ1) is 8.65. The number of rotatable bonds is 2. The van der Waals surface area contributed by atoms with Gasteiger partial charge in [0.25, 0.3) is 0 Å². The fourth-order valence-corrected chi connectivity index (χ4v) is 2.96. The highest BCUT2D eigenvalue weighted by Crippen LogP contribution is 2.17. The quantitative estimate of drug-likeness (QED) is 0.453. The minimum atomic E-state index is 0. The summed E-state index contributed by atoms with van der Waals surface area (Å²) < 4.78 is 0. The van der Waals surface area contributed by atoms with Crippen LogP contribution in [0.5, 0.6) is 0 Å². The number of halogens is 1. The lowest BCUT2D eigenvalue weighted by atomic mass is 9.97. The first-order valence-electron chi connectivity index (χ1n) is 7.38. The second-order valence-corrected chi connectivity index (χ2v) is 6.14. The molecule has 0 bridgehead atoms. The lowest BCUT2D eigenvalue weighted by Gasteiger charge is -2.32. The van der Waals surface area contributed by atoms with Crippen LogP contribution in [0.15, 0.2) is 4.99 Å². The van der Waals surface area contributed by atoms with Crippen molar-refractivity contribution in [1.29, 1.82) is 0 Å². The molecule has 2 fully saturated rings. The molecule has 0 aliphatic carbocycles. The summed E-state index contributed by atoms with van der Waals surface area (Å²) in [5.74, 6) is 2.28. The molecule has 0 aromatic heterocycles. The molecule has 2 heterocycles. The van der Waals surface area contributed by atoms with E-state index < -0.39 is 0 Å². The number of piperidine rings is 2. The van der Waals surface area contributed by atoms with Gasteiger partial charge in [-0.3, -0.25) is 4.99 Å². The number of aliphatic imine (C=N–C) groups is 1. The van der Waals surface area contributed by atoms with Crippen molar-refractivity contribution in [2.75, 3.05) is 39.8 Å². The first kappa shape index (κ1) is 17.0. The SMILES string of the molecule is CC1CCCN(C(N)=NCC2CCN(C)CC2)C1.I. The van der Waals surface area contributed by atoms with E-state index >= 15 is 0 Å². The summed E-state index contributed by atoms with van der Waals surface area (Å²) in [6, 6.07) is 0. The van der Waals surface area contributed by atoms with Crippen molar-refractivity contribution < 1.29 is 0 Å². The Labute approximate surface area is 134 Å². The zero-order valence-electron chi connectivity index (χ0n) is 12.3. The van der Waals surface area contributed by atoms with Crippen molar-refractivity contribution in [2.45, 2.75) is 32.6 Å². The third kappa shape index (κ3) is 5.45. The highest BCUT2D eigenvalue weighted by molar-refractivity contribution is 14.0. The van der Waals surface area contributed by atoms with Gasteiger partial charge in [0.1, 0.15) is 0 Å². The van der Waals surface area contributed by atoms with Crippen LogP contribution >= 0.6 is 24.0 Å². The van der Waals surface area contributed by atoms with Crippen LogP contribution in [0.2, 0.25) is 0 Å². The third-order valence-corrected chi connectivity index (χ3v) is 4.33. The Balaban J connectivity index is 0.00000180. The molecule has 0 amide bonds. The molecular weight excluding hydrogens is 351 g/mol. The van der Waals surface area contributed by atoms with E-state index in [0.717, 1.165) is 37.4 Å². The molecule has 2 saturated heterocycles. The van der Waals surface area contributed by atoms with Crippen molar-refractivity contribution in [3.05, 3.63) is 0 Å². The van der Waals surface area contributed by atoms with E-state index in [1.807, 2.05) is 0 Å². The van der Waals surface area contributed by atoms with Gasteiger partial charge in [-0.2, -0.15) is 0 Å². The van der Waals surface area contributed by atoms with Gasteiger partial charge in [0.05, 0.1) is 0 Å². The van der Waals surface area contributed by atoms with E-state index in [0.29, 0.717) is 0 Å². The van der Waals surface area contributed by atoms with Crippen molar-refractivity contribution in [2.24, 2.45) is 22.6 Å². The lowest BCUT2D eigenvalue weighted by molar-refractivity contribution is 0.222. The maximum Gasteiger partial charge on any atom is 0.191 e. The molecule has 0 saturated carbocycles. The number of likely N-dealkylation sites (tertiary alicyclic amines) is 2. The van der Waals surface area contributed by atoms with Gasteiger partial charge >= 0.3 is 0 Å². The van der Waals surface area contributed by atoms with Gasteiger partial charge in [-0.15, -0.1) is 24.0 Å². The Bertz CT molecular complexity index is 287. The summed E-state index contributed by atoms with van der Waals surface area (Å²) in [4.78, 5) is 9.30. The van der Waals surface area contributed by atoms with Crippen molar-refractivity contribution >= 4 is 29.9 Å². The van der Waals surface area contributed by atoms with Crippen molar-refractivity contribution in [1.82, 2.24) is 9.80 Å². The average molecular weight is 380 g/mol. The number of hydrogen-bond donors (Lipinski definition) is 1. The molecule has 19 heavy (non-hydrogen) atoms. The van der Waals surface area contributed by atoms with Crippen LogP contribution in [0, 0.1) is 11.8 Å². The Morgan fingerprint density at radius 2 is 1.89 bits per heavy atom. The van der Waals surface area contributed by atoms with Crippen LogP contribution in [-0.2, 0) is 0 Å². The van der Waals surface area contributed by atoms with Gasteiger partial charge in [-0.05, 0) is 57.7 Å². The van der Waals surface area contributed by atoms with Gasteiger partial charge in [0, 0.05) is 19.6 Å². The van der Waals surface area contributed by atoms with Crippen molar-refractivity contribution in [3.63, 3.8) is 0 Å². The summed E-state index contributed by atoms with van der Waals surface area (Å²) >= 11 is 0. The van der Waals surface area contributed by atoms with Gasteiger partial charge in [-0.25, -0.2) is 0 Å². The maximum atomic E-state index is 6.12. The topological polar surface area (TPSA) is 44.9 Å². The van der Waals surface area contributed by atoms with Crippen LogP contribution in [0.4, 0.5) is 0 Å². The molecule has 2 N–H and O–H groups in total. The van der Waals surface area contributed by atoms with Crippen LogP contribution in [0.25, 0.3) is 0 Å². The molecule has 2 rings (SSSR count). The number of nitrogens with zero attached hydrogens (tertiary/aromatic N) is 3. The van der Waals surface area contributed by atoms with E-state index in [1.54, 1.807) is 0 Å². The molecule has 1 unspecified atom stereocenters. The van der Waals surface area contributed by atoms with Crippen LogP contribution < -0.4 is 5.73 Å². The van der Waals surface area contributed by atoms with Gasteiger partial charge in [0.15, 0.2) is 5.96 Å². The van der Waals surface area contributed by atoms with E-state index in [4.69, 9.17) is 5.73 Å². The van der Waals surface area contributed by atoms with Crippen LogP contribution in [-0.4, -0.2) is 55.5 Å². The Hall–Kier alpha value is -0.0400. The number of guanidine groups is 1. The summed E-state index contributed by atoms with van der Waals surface area (Å²) in [6.45, 7) is 7.82. The second kappa shape index (κ2) is 8.29. The predicted molar refractivity (Wildman–Crippen MR) is 92.1 cm³/mol. The third-order valence-electron chi connectivity index (χ3n) is 4.33. The summed E-state index contributed by atoms with van der Waals surface area (Å²) in [5, 5.41) is 0. The first-order valence-corrected chi connectivity index (χ1v) is 7.38. The summed E-state index contributed by atoms with van der Waals surface area (Å²) in [6.07, 6.45) is 5.12. The Morgan fingerprint density at radius 1 is 1.21 bits per heavy atom. The van der Waals surface area contributed by atoms with E-state index in [1.165, 1.54) is 38.8 Å². The standard InChI is InChI=1S/C14H28N4.HI/c1-12-4-3-7-18(11-12)14(15)16-10-13-5-8-17(2)9-6-13;/h12-13H,3-11H2,1-2H3,(H2,15,16);1H. The lowest BCUT2D eigenvalue weighted by Crippen LogP contribution is -2.43. The fourth-order valence-electron chi connectivity index (χ4n) is 2.96. The number of nitrogens with two attached hydrogens (primary N) is 1. The smallest absolute Gasteiger partial charge is 0.191 e. The average Bonchev–Trinajstić information content (AvgIpc) is 2.38. The van der Waals surface area contributed by atoms with Gasteiger partial charge < -0.3 is 15.5 Å². The normalized spacial score (nSPS) is 27.2. The van der Waals surface area contributed by atoms with Crippen LogP contribution in [0.3, 0.4) is 0 Å². The molecule has 2 aliphatic heterocycles. The molecule has 0 aromatic rings. The van der Waals surface area contributed by atoms with E-state index in [9.17, 15) is 0 Å². The maximum absolute atomic E-state index is 6.12. The molecule has 5 heteroatoms. The fraction of sp³-hybridized carbons (Fsp3) is 0.929. The molecule has 112 valence electrons. The van der Waals surface area contributed by atoms with Crippen LogP contribution in [0.1, 0.15) is 32.6 Å². The molecule has 0 aromatic carbocycles. The molecule has 1 atom stereocenters. The Kier molecular flexibility index (Phi) is 7.42. The minimum Gasteiger partial charge on any atom is -0.370 e. The predicted octanol–water partition coefficient (Wildman–Crippen LogP) is 1.99. The zero-order valence-corrected chi connectivity index (χ0v) is 14.7. The largest absolute Gasteiger partial charge is 0.370 e. The van der Waals surface area contributed by atoms with E-state index in [2.05, 4.69) is 28.8 Å². The zero-order chi connectivity index (χ0) is 13.0. The Morgan fingerprint density at radius 3 is 2.53 bits per heavy atom. The highest BCUT2D eigenvalue weighted by atomic mass is 127. The molecular formula is C14H29IN4. The summed E-state index contributed by atoms with van der Waals surface area (Å²) in [5.41, 5.74) is 6.12. The highest BCUT2D eigenvalue weighted by Gasteiger charge is 2.19. The second-order valence-electron chi connectivity index (χ2n) is 6.14. The minimum absolute atomic E-state index is 0.